The number of anilines is 2. The van der Waals surface area contributed by atoms with Crippen molar-refractivity contribution in [2.45, 2.75) is 19.9 Å². The lowest BCUT2D eigenvalue weighted by Gasteiger charge is -2.40. The van der Waals surface area contributed by atoms with Gasteiger partial charge in [-0.2, -0.15) is 5.10 Å². The number of aliphatic imine (C=N–C) groups is 2. The third-order valence-corrected chi connectivity index (χ3v) is 7.70. The second kappa shape index (κ2) is 9.50. The second-order valence-corrected chi connectivity index (χ2v) is 10.8. The van der Waals surface area contributed by atoms with Gasteiger partial charge in [-0.3, -0.25) is 0 Å². The van der Waals surface area contributed by atoms with Crippen LogP contribution in [-0.2, 0) is 0 Å². The van der Waals surface area contributed by atoms with Crippen molar-refractivity contribution in [3.05, 3.63) is 124 Å². The molecule has 0 spiro atoms. The first-order valence-corrected chi connectivity index (χ1v) is 13.8. The maximum absolute atomic E-state index is 11.2. The van der Waals surface area contributed by atoms with Crippen molar-refractivity contribution in [3.8, 4) is 11.4 Å². The molecule has 0 saturated carbocycles. The second-order valence-electron chi connectivity index (χ2n) is 9.92. The van der Waals surface area contributed by atoms with Gasteiger partial charge < -0.3 is 15.3 Å². The predicted octanol–water partition coefficient (Wildman–Crippen LogP) is 7.75. The molecule has 0 amide bonds. The summed E-state index contributed by atoms with van der Waals surface area (Å²) >= 11 is 3.63. The number of amidine groups is 2. The van der Waals surface area contributed by atoms with Gasteiger partial charge in [0.2, 0.25) is 0 Å². The van der Waals surface area contributed by atoms with Crippen LogP contribution in [0.25, 0.3) is 5.69 Å². The first-order chi connectivity index (χ1) is 19.5. The Morgan fingerprint density at radius 3 is 2.48 bits per heavy atom. The van der Waals surface area contributed by atoms with Gasteiger partial charge in [0.05, 0.1) is 28.8 Å². The highest BCUT2D eigenvalue weighted by Crippen LogP contribution is 2.50. The summed E-state index contributed by atoms with van der Waals surface area (Å²) in [5.41, 5.74) is 7.17. The lowest BCUT2D eigenvalue weighted by Crippen LogP contribution is -2.46. The minimum Gasteiger partial charge on any atom is -0.508 e. The third kappa shape index (κ3) is 3.99. The summed E-state index contributed by atoms with van der Waals surface area (Å²) in [6, 6.07) is 31.3. The zero-order chi connectivity index (χ0) is 27.4. The fourth-order valence-corrected chi connectivity index (χ4v) is 5.82. The van der Waals surface area contributed by atoms with E-state index in [0.29, 0.717) is 17.5 Å². The minimum absolute atomic E-state index is 0.195. The number of aromatic nitrogens is 2. The summed E-state index contributed by atoms with van der Waals surface area (Å²) < 4.78 is 2.75. The first kappa shape index (κ1) is 24.4. The standard InChI is InChI=1S/C32H25BrN6O/c1-19-9-8-10-22(17-19)34-30-32-36-31-28(20(2)37-39(31)23-11-4-3-5-12-23)29(24-18-21(33)15-16-27(24)40)38(32)26-14-7-6-13-25(26)35-30/h3-18,29,40H,1-2H3,(H,34,35)/t29-/m0/s1. The van der Waals surface area contributed by atoms with Gasteiger partial charge in [-0.25, -0.2) is 14.7 Å². The van der Waals surface area contributed by atoms with Gasteiger partial charge in [0.25, 0.3) is 0 Å². The number of phenolic OH excluding ortho intramolecular Hbond substituents is 1. The molecule has 8 heteroatoms. The molecule has 7 nitrogen and oxygen atoms in total. The molecule has 1 aromatic heterocycles. The normalized spacial score (nSPS) is 15.5. The highest BCUT2D eigenvalue weighted by molar-refractivity contribution is 9.10. The van der Waals surface area contributed by atoms with E-state index in [-0.39, 0.29) is 5.75 Å². The molecule has 2 aliphatic heterocycles. The van der Waals surface area contributed by atoms with E-state index in [2.05, 4.69) is 45.2 Å². The van der Waals surface area contributed by atoms with Gasteiger partial charge in [0.1, 0.15) is 5.75 Å². The van der Waals surface area contributed by atoms with Crippen molar-refractivity contribution in [1.29, 1.82) is 0 Å². The molecule has 196 valence electrons. The Hall–Kier alpha value is -4.69. The molecule has 4 aromatic carbocycles. The molecular weight excluding hydrogens is 564 g/mol. The summed E-state index contributed by atoms with van der Waals surface area (Å²) in [4.78, 5) is 12.4. The lowest BCUT2D eigenvalue weighted by atomic mass is 9.92. The molecule has 5 aromatic rings. The van der Waals surface area contributed by atoms with E-state index in [0.717, 1.165) is 49.6 Å². The highest BCUT2D eigenvalue weighted by atomic mass is 79.9. The summed E-state index contributed by atoms with van der Waals surface area (Å²) in [7, 11) is 0. The molecule has 0 radical (unpaired) electrons. The number of benzene rings is 4. The average Bonchev–Trinajstić information content (AvgIpc) is 3.30. The zero-order valence-corrected chi connectivity index (χ0v) is 23.5. The van der Waals surface area contributed by atoms with Crippen LogP contribution in [0.2, 0.25) is 0 Å². The first-order valence-electron chi connectivity index (χ1n) is 13.0. The third-order valence-electron chi connectivity index (χ3n) is 7.20. The molecule has 40 heavy (non-hydrogen) atoms. The SMILES string of the molecule is Cc1cccc(NC2=Nc3ccccc3N3C2=Nc2c(c(C)nn2-c2ccccc2)[C@@H]3c2cc(Br)ccc2O)c1. The molecular formula is C32H25BrN6O. The topological polar surface area (TPSA) is 78.0 Å². The number of aryl methyl sites for hydroxylation is 2. The van der Waals surface area contributed by atoms with Gasteiger partial charge >= 0.3 is 0 Å². The molecule has 7 rings (SSSR count). The fourth-order valence-electron chi connectivity index (χ4n) is 5.45. The average molecular weight is 589 g/mol. The number of hydrogen-bond donors (Lipinski definition) is 2. The molecule has 3 heterocycles. The van der Waals surface area contributed by atoms with E-state index in [4.69, 9.17) is 15.1 Å². The maximum Gasteiger partial charge on any atom is 0.179 e. The zero-order valence-electron chi connectivity index (χ0n) is 21.9. The smallest absolute Gasteiger partial charge is 0.179 e. The van der Waals surface area contributed by atoms with E-state index in [1.807, 2.05) is 90.5 Å². The number of para-hydroxylation sites is 3. The number of rotatable bonds is 3. The molecule has 0 aliphatic carbocycles. The molecule has 2 N–H and O–H groups in total. The predicted molar refractivity (Wildman–Crippen MR) is 164 cm³/mol. The van der Waals surface area contributed by atoms with E-state index < -0.39 is 6.04 Å². The van der Waals surface area contributed by atoms with E-state index >= 15 is 0 Å². The molecule has 0 bridgehead atoms. The lowest BCUT2D eigenvalue weighted by molar-refractivity contribution is 0.465. The van der Waals surface area contributed by atoms with Crippen LogP contribution in [0.1, 0.15) is 28.4 Å². The van der Waals surface area contributed by atoms with E-state index in [1.54, 1.807) is 6.07 Å². The molecule has 0 unspecified atom stereocenters. The number of nitrogens with zero attached hydrogens (tertiary/aromatic N) is 5. The Bertz CT molecular complexity index is 1840. The Kier molecular flexibility index (Phi) is 5.78. The number of aromatic hydroxyl groups is 1. The van der Waals surface area contributed by atoms with Crippen LogP contribution < -0.4 is 10.2 Å². The van der Waals surface area contributed by atoms with Gasteiger partial charge in [-0.05, 0) is 74.0 Å². The van der Waals surface area contributed by atoms with Crippen LogP contribution >= 0.6 is 15.9 Å². The number of nitrogens with one attached hydrogen (secondary N) is 1. The minimum atomic E-state index is -0.413. The Labute approximate surface area is 240 Å². The number of fused-ring (bicyclic) bond motifs is 4. The summed E-state index contributed by atoms with van der Waals surface area (Å²) in [5.74, 6) is 2.17. The molecule has 0 saturated heterocycles. The van der Waals surface area contributed by atoms with Crippen molar-refractivity contribution < 1.29 is 5.11 Å². The van der Waals surface area contributed by atoms with E-state index in [1.165, 1.54) is 0 Å². The summed E-state index contributed by atoms with van der Waals surface area (Å²) in [6.45, 7) is 4.06. The van der Waals surface area contributed by atoms with Crippen molar-refractivity contribution in [2.75, 3.05) is 10.2 Å². The summed E-state index contributed by atoms with van der Waals surface area (Å²) in [6.07, 6.45) is 0. The quantitative estimate of drug-likeness (QED) is 0.226. The van der Waals surface area contributed by atoms with Crippen LogP contribution in [0.15, 0.2) is 112 Å². The monoisotopic (exact) mass is 588 g/mol. The van der Waals surface area contributed by atoms with Gasteiger partial charge in [0, 0.05) is 21.3 Å². The van der Waals surface area contributed by atoms with Crippen molar-refractivity contribution in [3.63, 3.8) is 0 Å². The molecule has 1 atom stereocenters. The van der Waals surface area contributed by atoms with Crippen LogP contribution in [0, 0.1) is 13.8 Å². The van der Waals surface area contributed by atoms with Gasteiger partial charge in [0.15, 0.2) is 17.5 Å². The van der Waals surface area contributed by atoms with Crippen LogP contribution in [0.4, 0.5) is 22.9 Å². The van der Waals surface area contributed by atoms with Gasteiger partial charge in [-0.15, -0.1) is 0 Å². The van der Waals surface area contributed by atoms with Crippen molar-refractivity contribution in [1.82, 2.24) is 9.78 Å². The van der Waals surface area contributed by atoms with Crippen molar-refractivity contribution in [2.24, 2.45) is 9.98 Å². The maximum atomic E-state index is 11.2. The number of hydrogen-bond acceptors (Lipinski definition) is 6. The summed E-state index contributed by atoms with van der Waals surface area (Å²) in [5, 5.41) is 19.7. The van der Waals surface area contributed by atoms with Gasteiger partial charge in [-0.1, -0.05) is 58.4 Å². The Morgan fingerprint density at radius 2 is 1.65 bits per heavy atom. The highest BCUT2D eigenvalue weighted by Gasteiger charge is 2.42. The number of phenols is 1. The fraction of sp³-hybridized carbons (Fsp3) is 0.0938. The Balaban J connectivity index is 1.52. The Morgan fingerprint density at radius 1 is 0.850 bits per heavy atom. The van der Waals surface area contributed by atoms with Crippen LogP contribution in [0.5, 0.6) is 5.75 Å². The molecule has 2 aliphatic rings. The largest absolute Gasteiger partial charge is 0.508 e. The van der Waals surface area contributed by atoms with Crippen LogP contribution in [0.3, 0.4) is 0 Å². The van der Waals surface area contributed by atoms with Crippen LogP contribution in [-0.4, -0.2) is 26.6 Å². The number of halogens is 1. The van der Waals surface area contributed by atoms with Crippen molar-refractivity contribution >= 4 is 50.5 Å². The molecule has 0 fully saturated rings. The van der Waals surface area contributed by atoms with E-state index in [9.17, 15) is 5.11 Å².